The number of hydrogen-bond acceptors (Lipinski definition) is 4. The standard InChI is InChI=1S/C11H10N4O2S/c16-18(17)10-4-2-1-3-9(10)11(15-18)12-7-8-5-6-13-14-8/h1-6H,7H2,(H,12,15)(H,13,14). The second-order valence-electron chi connectivity index (χ2n) is 3.85. The van der Waals surface area contributed by atoms with Gasteiger partial charge in [-0.15, -0.1) is 0 Å². The molecule has 2 heterocycles. The highest BCUT2D eigenvalue weighted by molar-refractivity contribution is 7.90. The highest BCUT2D eigenvalue weighted by atomic mass is 32.2. The molecule has 2 N–H and O–H groups in total. The van der Waals surface area contributed by atoms with E-state index in [0.717, 1.165) is 5.69 Å². The summed E-state index contributed by atoms with van der Waals surface area (Å²) in [6, 6.07) is 8.57. The molecular formula is C11H10N4O2S. The van der Waals surface area contributed by atoms with Crippen molar-refractivity contribution >= 4 is 15.9 Å². The number of amidine groups is 1. The zero-order valence-corrected chi connectivity index (χ0v) is 10.1. The van der Waals surface area contributed by atoms with Gasteiger partial charge in [-0.05, 0) is 18.2 Å². The minimum absolute atomic E-state index is 0.272. The maximum absolute atomic E-state index is 11.8. The van der Waals surface area contributed by atoms with Crippen LogP contribution >= 0.6 is 0 Å². The van der Waals surface area contributed by atoms with E-state index < -0.39 is 10.0 Å². The SMILES string of the molecule is O=S1(=O)NC(=NCc2ccn[nH]2)c2ccccc21. The smallest absolute Gasteiger partial charge is 0.263 e. The first kappa shape index (κ1) is 11.0. The Kier molecular flexibility index (Phi) is 2.41. The normalized spacial score (nSPS) is 18.6. The molecule has 1 aliphatic rings. The number of rotatable bonds is 2. The molecule has 7 heteroatoms. The molecule has 0 radical (unpaired) electrons. The Hall–Kier alpha value is -2.15. The molecule has 18 heavy (non-hydrogen) atoms. The highest BCUT2D eigenvalue weighted by Gasteiger charge is 2.29. The molecule has 1 aromatic carbocycles. The minimum Gasteiger partial charge on any atom is -0.281 e. The van der Waals surface area contributed by atoms with Crippen molar-refractivity contribution in [2.45, 2.75) is 11.4 Å². The summed E-state index contributed by atoms with van der Waals surface area (Å²) < 4.78 is 26.1. The molecule has 6 nitrogen and oxygen atoms in total. The lowest BCUT2D eigenvalue weighted by molar-refractivity contribution is 0.595. The van der Waals surface area contributed by atoms with Gasteiger partial charge in [-0.25, -0.2) is 8.42 Å². The van der Waals surface area contributed by atoms with Crippen LogP contribution in [0.4, 0.5) is 0 Å². The molecule has 0 amide bonds. The summed E-state index contributed by atoms with van der Waals surface area (Å²) in [5.41, 5.74) is 1.43. The van der Waals surface area contributed by atoms with Gasteiger partial charge in [-0.3, -0.25) is 14.8 Å². The first-order valence-electron chi connectivity index (χ1n) is 5.32. The predicted octanol–water partition coefficient (Wildman–Crippen LogP) is 0.648. The Morgan fingerprint density at radius 2 is 2.06 bits per heavy atom. The lowest BCUT2D eigenvalue weighted by atomic mass is 10.2. The molecule has 2 aromatic rings. The maximum Gasteiger partial charge on any atom is 0.263 e. The van der Waals surface area contributed by atoms with Crippen molar-refractivity contribution in [2.75, 3.05) is 0 Å². The summed E-state index contributed by atoms with van der Waals surface area (Å²) in [4.78, 5) is 4.53. The molecule has 0 atom stereocenters. The average Bonchev–Trinajstić information content (AvgIpc) is 2.95. The van der Waals surface area contributed by atoms with Crippen LogP contribution in [-0.4, -0.2) is 24.5 Å². The van der Waals surface area contributed by atoms with Gasteiger partial charge >= 0.3 is 0 Å². The molecule has 0 saturated carbocycles. The van der Waals surface area contributed by atoms with Crippen molar-refractivity contribution < 1.29 is 8.42 Å². The van der Waals surface area contributed by atoms with Crippen molar-refractivity contribution in [1.82, 2.24) is 14.9 Å². The number of aromatic nitrogens is 2. The van der Waals surface area contributed by atoms with Gasteiger partial charge in [0.05, 0.1) is 17.1 Å². The summed E-state index contributed by atoms with van der Waals surface area (Å²) in [7, 11) is -3.45. The van der Waals surface area contributed by atoms with E-state index in [1.807, 2.05) is 0 Å². The van der Waals surface area contributed by atoms with E-state index >= 15 is 0 Å². The number of fused-ring (bicyclic) bond motifs is 1. The van der Waals surface area contributed by atoms with Gasteiger partial charge in [-0.2, -0.15) is 5.10 Å². The minimum atomic E-state index is -3.45. The maximum atomic E-state index is 11.8. The monoisotopic (exact) mass is 262 g/mol. The third-order valence-electron chi connectivity index (χ3n) is 2.63. The summed E-state index contributed by atoms with van der Waals surface area (Å²) in [6.07, 6.45) is 1.63. The molecule has 0 aliphatic carbocycles. The fourth-order valence-electron chi connectivity index (χ4n) is 1.79. The van der Waals surface area contributed by atoms with Gasteiger partial charge in [0.15, 0.2) is 0 Å². The number of sulfonamides is 1. The summed E-state index contributed by atoms with van der Waals surface area (Å²) in [5.74, 6) is 0.375. The zero-order valence-electron chi connectivity index (χ0n) is 9.29. The molecule has 0 spiro atoms. The Labute approximate surface area is 104 Å². The van der Waals surface area contributed by atoms with E-state index in [0.29, 0.717) is 17.9 Å². The van der Waals surface area contributed by atoms with Crippen LogP contribution in [0.25, 0.3) is 0 Å². The molecule has 3 rings (SSSR count). The average molecular weight is 262 g/mol. The van der Waals surface area contributed by atoms with Crippen molar-refractivity contribution in [3.8, 4) is 0 Å². The molecule has 0 fully saturated rings. The molecular weight excluding hydrogens is 252 g/mol. The second kappa shape index (κ2) is 3.95. The van der Waals surface area contributed by atoms with Crippen LogP contribution in [0.5, 0.6) is 0 Å². The van der Waals surface area contributed by atoms with E-state index in [-0.39, 0.29) is 4.90 Å². The Morgan fingerprint density at radius 1 is 1.22 bits per heavy atom. The van der Waals surface area contributed by atoms with Crippen LogP contribution in [0, 0.1) is 0 Å². The predicted molar refractivity (Wildman–Crippen MR) is 65.6 cm³/mol. The number of hydrogen-bond donors (Lipinski definition) is 2. The van der Waals surface area contributed by atoms with Crippen LogP contribution in [0.1, 0.15) is 11.3 Å². The topological polar surface area (TPSA) is 87.2 Å². The van der Waals surface area contributed by atoms with Crippen molar-refractivity contribution in [3.63, 3.8) is 0 Å². The second-order valence-corrected chi connectivity index (χ2v) is 5.50. The van der Waals surface area contributed by atoms with Gasteiger partial charge in [0, 0.05) is 11.8 Å². The summed E-state index contributed by atoms with van der Waals surface area (Å²) >= 11 is 0. The highest BCUT2D eigenvalue weighted by Crippen LogP contribution is 2.22. The molecule has 1 aliphatic heterocycles. The molecule has 92 valence electrons. The third kappa shape index (κ3) is 1.78. The van der Waals surface area contributed by atoms with E-state index in [1.54, 1.807) is 36.5 Å². The van der Waals surface area contributed by atoms with Gasteiger partial charge in [-0.1, -0.05) is 12.1 Å². The first-order valence-corrected chi connectivity index (χ1v) is 6.80. The molecule has 0 saturated heterocycles. The van der Waals surface area contributed by atoms with Crippen molar-refractivity contribution in [3.05, 3.63) is 47.8 Å². The number of nitrogens with zero attached hydrogens (tertiary/aromatic N) is 2. The Morgan fingerprint density at radius 3 is 2.83 bits per heavy atom. The number of nitrogens with one attached hydrogen (secondary N) is 2. The van der Waals surface area contributed by atoms with Crippen LogP contribution in [-0.2, 0) is 16.6 Å². The van der Waals surface area contributed by atoms with Gasteiger partial charge in [0.1, 0.15) is 5.84 Å². The number of aliphatic imine (C=N–C) groups is 1. The molecule has 1 aromatic heterocycles. The fourth-order valence-corrected chi connectivity index (χ4v) is 3.04. The lowest BCUT2D eigenvalue weighted by Gasteiger charge is -1.97. The number of benzene rings is 1. The number of aromatic amines is 1. The quantitative estimate of drug-likeness (QED) is 0.833. The van der Waals surface area contributed by atoms with E-state index in [1.165, 1.54) is 0 Å². The third-order valence-corrected chi connectivity index (χ3v) is 4.03. The van der Waals surface area contributed by atoms with Crippen LogP contribution in [0.3, 0.4) is 0 Å². The molecule has 0 bridgehead atoms. The molecule has 0 unspecified atom stereocenters. The van der Waals surface area contributed by atoms with Gasteiger partial charge in [0.25, 0.3) is 10.0 Å². The largest absolute Gasteiger partial charge is 0.281 e. The van der Waals surface area contributed by atoms with Gasteiger partial charge in [0.2, 0.25) is 0 Å². The number of H-pyrrole nitrogens is 1. The van der Waals surface area contributed by atoms with E-state index in [4.69, 9.17) is 0 Å². The van der Waals surface area contributed by atoms with Crippen molar-refractivity contribution in [1.29, 1.82) is 0 Å². The van der Waals surface area contributed by atoms with E-state index in [2.05, 4.69) is 19.9 Å². The fraction of sp³-hybridized carbons (Fsp3) is 0.0909. The lowest BCUT2D eigenvalue weighted by Crippen LogP contribution is -2.22. The summed E-state index contributed by atoms with van der Waals surface area (Å²) in [5, 5.41) is 6.58. The van der Waals surface area contributed by atoms with Crippen LogP contribution in [0.2, 0.25) is 0 Å². The summed E-state index contributed by atoms with van der Waals surface area (Å²) in [6.45, 7) is 0.353. The first-order chi connectivity index (χ1) is 8.67. The van der Waals surface area contributed by atoms with E-state index in [9.17, 15) is 8.42 Å². The van der Waals surface area contributed by atoms with Crippen LogP contribution in [0.15, 0.2) is 46.4 Å². The Balaban J connectivity index is 1.99. The van der Waals surface area contributed by atoms with Crippen LogP contribution < -0.4 is 4.72 Å². The van der Waals surface area contributed by atoms with Gasteiger partial charge < -0.3 is 0 Å². The van der Waals surface area contributed by atoms with Crippen molar-refractivity contribution in [2.24, 2.45) is 4.99 Å². The zero-order chi connectivity index (χ0) is 12.6. The Bertz CT molecular complexity index is 704.